The smallest absolute Gasteiger partial charge is 0.0739 e. The summed E-state index contributed by atoms with van der Waals surface area (Å²) in [5, 5.41) is 2.74. The Morgan fingerprint density at radius 2 is 1.24 bits per heavy atom. The van der Waals surface area contributed by atoms with Crippen molar-refractivity contribution in [3.05, 3.63) is 0 Å². The average Bonchev–Trinajstić information content (AvgIpc) is 2.47. The SMILES string of the molecule is CCCCCCCCNC(=O)[Se-].CCCCCCCC[NH3+]. The Kier molecular flexibility index (Phi) is 24.6. The number of hydrogen-bond donors (Lipinski definition) is 2. The zero-order valence-electron chi connectivity index (χ0n) is 14.4. The molecule has 0 bridgehead atoms. The van der Waals surface area contributed by atoms with Crippen LogP contribution in [0.3, 0.4) is 0 Å². The number of nitrogens with one attached hydrogen (secondary N) is 1. The van der Waals surface area contributed by atoms with Crippen LogP contribution in [-0.2, 0) is 0 Å². The molecule has 0 unspecified atom stereocenters. The molecule has 0 aromatic rings. The van der Waals surface area contributed by atoms with Crippen molar-refractivity contribution in [1.29, 1.82) is 0 Å². The minimum Gasteiger partial charge on any atom is -0.358 e. The molecule has 4 heteroatoms. The molecule has 0 aliphatic carbocycles. The third-order valence-corrected chi connectivity index (χ3v) is 3.71. The van der Waals surface area contributed by atoms with Crippen molar-refractivity contribution in [2.45, 2.75) is 90.9 Å². The number of quaternary nitrogens is 1. The van der Waals surface area contributed by atoms with Gasteiger partial charge in [0.15, 0.2) is 0 Å². The summed E-state index contributed by atoms with van der Waals surface area (Å²) in [6.45, 7) is 6.40. The second kappa shape index (κ2) is 22.2. The van der Waals surface area contributed by atoms with E-state index in [4.69, 9.17) is 0 Å². The third-order valence-electron chi connectivity index (χ3n) is 3.40. The van der Waals surface area contributed by atoms with E-state index in [0.29, 0.717) is 0 Å². The van der Waals surface area contributed by atoms with E-state index >= 15 is 0 Å². The summed E-state index contributed by atoms with van der Waals surface area (Å²) in [6, 6.07) is 0. The molecule has 21 heavy (non-hydrogen) atoms. The van der Waals surface area contributed by atoms with Gasteiger partial charge in [0.2, 0.25) is 0 Å². The van der Waals surface area contributed by atoms with Crippen LogP contribution in [0.1, 0.15) is 90.9 Å². The van der Waals surface area contributed by atoms with Gasteiger partial charge in [0.1, 0.15) is 0 Å². The molecule has 0 spiro atoms. The maximum atomic E-state index is 10.4. The van der Waals surface area contributed by atoms with Gasteiger partial charge in [0.25, 0.3) is 0 Å². The fraction of sp³-hybridized carbons (Fsp3) is 0.941. The summed E-state index contributed by atoms with van der Waals surface area (Å²) < 4.78 is 0. The Bertz CT molecular complexity index is 195. The topological polar surface area (TPSA) is 56.7 Å². The van der Waals surface area contributed by atoms with Crippen LogP contribution in [0.25, 0.3) is 0 Å². The van der Waals surface area contributed by atoms with Crippen LogP contribution >= 0.6 is 0 Å². The van der Waals surface area contributed by atoms with Crippen LogP contribution in [0.15, 0.2) is 0 Å². The molecule has 0 aliphatic heterocycles. The minimum absolute atomic E-state index is 0.0384. The molecule has 0 saturated carbocycles. The molecular formula is C17H38N2OSe. The quantitative estimate of drug-likeness (QED) is 0.378. The summed E-state index contributed by atoms with van der Waals surface area (Å²) in [4.78, 5) is 10.4. The van der Waals surface area contributed by atoms with E-state index < -0.39 is 0 Å². The average molecular weight is 365 g/mol. The van der Waals surface area contributed by atoms with E-state index in [1.807, 2.05) is 0 Å². The van der Waals surface area contributed by atoms with E-state index in [0.717, 1.165) is 19.5 Å². The maximum absolute atomic E-state index is 10.4. The van der Waals surface area contributed by atoms with Crippen LogP contribution in [0.5, 0.6) is 0 Å². The van der Waals surface area contributed by atoms with E-state index in [1.54, 1.807) is 0 Å². The van der Waals surface area contributed by atoms with Crippen molar-refractivity contribution in [2.24, 2.45) is 0 Å². The minimum atomic E-state index is -0.0384. The molecule has 0 radical (unpaired) electrons. The first kappa shape index (κ1) is 23.2. The van der Waals surface area contributed by atoms with Gasteiger partial charge in [-0.3, -0.25) is 0 Å². The van der Waals surface area contributed by atoms with Crippen LogP contribution in [0.4, 0.5) is 4.79 Å². The summed E-state index contributed by atoms with van der Waals surface area (Å²) in [5.41, 5.74) is 3.80. The second-order valence-corrected chi connectivity index (χ2v) is 6.38. The first-order valence-electron chi connectivity index (χ1n) is 8.93. The van der Waals surface area contributed by atoms with E-state index in [2.05, 4.69) is 40.9 Å². The molecule has 0 heterocycles. The van der Waals surface area contributed by atoms with Gasteiger partial charge in [0.05, 0.1) is 6.54 Å². The van der Waals surface area contributed by atoms with Gasteiger partial charge in [-0.2, -0.15) is 0 Å². The molecule has 4 N–H and O–H groups in total. The molecular weight excluding hydrogens is 327 g/mol. The van der Waals surface area contributed by atoms with Gasteiger partial charge < -0.3 is 5.73 Å². The van der Waals surface area contributed by atoms with Gasteiger partial charge >= 0.3 is 82.9 Å². The molecule has 0 aromatic carbocycles. The Morgan fingerprint density at radius 3 is 1.67 bits per heavy atom. The summed E-state index contributed by atoms with van der Waals surface area (Å²) >= 11 is 2.40. The zero-order valence-corrected chi connectivity index (χ0v) is 16.1. The first-order chi connectivity index (χ1) is 10.2. The number of hydrogen-bond acceptors (Lipinski definition) is 1. The van der Waals surface area contributed by atoms with Gasteiger partial charge in [-0.15, -0.1) is 0 Å². The Morgan fingerprint density at radius 1 is 0.810 bits per heavy atom. The van der Waals surface area contributed by atoms with Crippen molar-refractivity contribution in [1.82, 2.24) is 5.32 Å². The Hall–Kier alpha value is -0.0505. The van der Waals surface area contributed by atoms with Crippen LogP contribution in [0, 0.1) is 0 Å². The number of unbranched alkanes of at least 4 members (excludes halogenated alkanes) is 10. The van der Waals surface area contributed by atoms with Crippen LogP contribution in [-0.4, -0.2) is 33.9 Å². The normalized spacial score (nSPS) is 9.86. The Balaban J connectivity index is 0. The monoisotopic (exact) mass is 366 g/mol. The van der Waals surface area contributed by atoms with Gasteiger partial charge in [-0.25, -0.2) is 0 Å². The van der Waals surface area contributed by atoms with Gasteiger partial charge in [0, 0.05) is 0 Å². The first-order valence-corrected chi connectivity index (χ1v) is 9.78. The number of amides is 1. The van der Waals surface area contributed by atoms with Gasteiger partial charge in [-0.05, 0) is 12.8 Å². The molecule has 1 amide bonds. The maximum Gasteiger partial charge on any atom is 0.0739 e. The predicted octanol–water partition coefficient (Wildman–Crippen LogP) is 3.81. The summed E-state index contributed by atoms with van der Waals surface area (Å²) in [6.07, 6.45) is 15.9. The number of rotatable bonds is 13. The third kappa shape index (κ3) is 28.8. The fourth-order valence-electron chi connectivity index (χ4n) is 2.05. The van der Waals surface area contributed by atoms with Gasteiger partial charge in [-0.1, -0.05) is 32.6 Å². The van der Waals surface area contributed by atoms with Crippen LogP contribution < -0.4 is 11.1 Å². The summed E-state index contributed by atoms with van der Waals surface area (Å²) in [7, 11) is 0. The summed E-state index contributed by atoms with van der Waals surface area (Å²) in [5.74, 6) is 0. The number of carbonyl (C=O) groups is 1. The number of carbonyl (C=O) groups excluding carboxylic acids is 1. The molecule has 3 nitrogen and oxygen atoms in total. The van der Waals surface area contributed by atoms with Crippen LogP contribution in [0.2, 0.25) is 0 Å². The zero-order chi connectivity index (χ0) is 16.2. The van der Waals surface area contributed by atoms with Crippen molar-refractivity contribution in [3.63, 3.8) is 0 Å². The fourth-order valence-corrected chi connectivity index (χ4v) is 2.27. The Labute approximate surface area is 141 Å². The van der Waals surface area contributed by atoms with Crippen molar-refractivity contribution in [2.75, 3.05) is 13.1 Å². The molecule has 0 rings (SSSR count). The van der Waals surface area contributed by atoms with E-state index in [-0.39, 0.29) is 4.81 Å². The molecule has 0 fully saturated rings. The second-order valence-electron chi connectivity index (χ2n) is 5.60. The largest absolute Gasteiger partial charge is 0.358 e. The van der Waals surface area contributed by atoms with E-state index in [9.17, 15) is 4.79 Å². The van der Waals surface area contributed by atoms with Crippen molar-refractivity contribution >= 4 is 20.8 Å². The molecule has 0 aliphatic rings. The van der Waals surface area contributed by atoms with E-state index in [1.165, 1.54) is 70.6 Å². The predicted molar refractivity (Wildman–Crippen MR) is 93.7 cm³/mol. The molecule has 0 saturated heterocycles. The van der Waals surface area contributed by atoms with Crippen molar-refractivity contribution in [3.8, 4) is 0 Å². The molecule has 128 valence electrons. The van der Waals surface area contributed by atoms with Crippen molar-refractivity contribution < 1.29 is 10.5 Å². The molecule has 0 atom stereocenters. The molecule has 0 aromatic heterocycles. The standard InChI is InChI=1S/C9H19NOSe.C8H19N/c1-2-3-4-5-6-7-8-10-9(11)12;1-2-3-4-5-6-7-8-9/h2-8H2,1H3,(H2,10,11,12);2-9H2,1H3.